The highest BCUT2D eigenvalue weighted by molar-refractivity contribution is 9.10. The quantitative estimate of drug-likeness (QED) is 0.761. The molecule has 3 heteroatoms. The average molecular weight is 248 g/mol. The molecule has 1 aliphatic rings. The Labute approximate surface area is 88.6 Å². The van der Waals surface area contributed by atoms with Crippen LogP contribution in [0.25, 0.3) is 0 Å². The first-order chi connectivity index (χ1) is 5.89. The summed E-state index contributed by atoms with van der Waals surface area (Å²) in [7, 11) is 0. The van der Waals surface area contributed by atoms with Gasteiger partial charge in [-0.05, 0) is 33.1 Å². The Bertz CT molecular complexity index is 194. The Morgan fingerprint density at radius 3 is 2.54 bits per heavy atom. The average Bonchev–Trinajstić information content (AvgIpc) is 2.68. The monoisotopic (exact) mass is 247 g/mol. The van der Waals surface area contributed by atoms with Crippen LogP contribution >= 0.6 is 15.9 Å². The van der Waals surface area contributed by atoms with Crippen LogP contribution in [0.2, 0.25) is 0 Å². The Kier molecular flexibility index (Phi) is 3.38. The van der Waals surface area contributed by atoms with Crippen molar-refractivity contribution in [2.24, 2.45) is 5.92 Å². The smallest absolute Gasteiger partial charge is 0.236 e. The van der Waals surface area contributed by atoms with E-state index in [1.165, 1.54) is 12.8 Å². The summed E-state index contributed by atoms with van der Waals surface area (Å²) in [4.78, 5) is 11.5. The van der Waals surface area contributed by atoms with Crippen LogP contribution in [0.4, 0.5) is 0 Å². The normalized spacial score (nSPS) is 19.7. The van der Waals surface area contributed by atoms with Crippen LogP contribution in [-0.4, -0.2) is 16.3 Å². The third kappa shape index (κ3) is 4.12. The van der Waals surface area contributed by atoms with Crippen molar-refractivity contribution in [2.45, 2.75) is 50.4 Å². The molecule has 13 heavy (non-hydrogen) atoms. The first-order valence-corrected chi connectivity index (χ1v) is 5.69. The highest BCUT2D eigenvalue weighted by Crippen LogP contribution is 2.33. The number of carbonyl (C=O) groups is 1. The first kappa shape index (κ1) is 11.0. The van der Waals surface area contributed by atoms with Gasteiger partial charge in [-0.2, -0.15) is 0 Å². The van der Waals surface area contributed by atoms with Crippen LogP contribution in [0, 0.1) is 5.92 Å². The fourth-order valence-electron chi connectivity index (χ4n) is 1.31. The molecule has 1 aliphatic carbocycles. The van der Waals surface area contributed by atoms with Gasteiger partial charge >= 0.3 is 0 Å². The molecule has 1 atom stereocenters. The van der Waals surface area contributed by atoms with Crippen molar-refractivity contribution >= 4 is 21.8 Å². The van der Waals surface area contributed by atoms with Crippen LogP contribution in [0.1, 0.15) is 40.0 Å². The predicted molar refractivity (Wildman–Crippen MR) is 58.0 cm³/mol. The molecule has 1 saturated carbocycles. The van der Waals surface area contributed by atoms with Crippen molar-refractivity contribution in [2.75, 3.05) is 0 Å². The Balaban J connectivity index is 2.25. The minimum atomic E-state index is -0.440. The van der Waals surface area contributed by atoms with Gasteiger partial charge in [0.05, 0.1) is 4.32 Å². The number of halogens is 1. The second-order valence-electron chi connectivity index (χ2n) is 4.53. The fourth-order valence-corrected chi connectivity index (χ4v) is 1.42. The zero-order valence-corrected chi connectivity index (χ0v) is 10.1. The van der Waals surface area contributed by atoms with E-state index in [0.29, 0.717) is 6.04 Å². The molecule has 0 aromatic carbocycles. The molecule has 0 aromatic rings. The summed E-state index contributed by atoms with van der Waals surface area (Å²) >= 11 is 3.34. The lowest BCUT2D eigenvalue weighted by atomic mass is 10.1. The standard InChI is InChI=1S/C10H18BrNO/c1-7(6-8-4-5-8)12-9(13)10(2,3)11/h7-8H,4-6H2,1-3H3,(H,12,13). The minimum absolute atomic E-state index is 0.0839. The summed E-state index contributed by atoms with van der Waals surface area (Å²) < 4.78 is -0.440. The highest BCUT2D eigenvalue weighted by atomic mass is 79.9. The van der Waals surface area contributed by atoms with Gasteiger partial charge in [0.1, 0.15) is 0 Å². The molecule has 2 nitrogen and oxygen atoms in total. The van der Waals surface area contributed by atoms with E-state index < -0.39 is 4.32 Å². The van der Waals surface area contributed by atoms with E-state index in [0.717, 1.165) is 12.3 Å². The Morgan fingerprint density at radius 1 is 1.62 bits per heavy atom. The molecule has 76 valence electrons. The van der Waals surface area contributed by atoms with Crippen LogP contribution < -0.4 is 5.32 Å². The molecule has 1 rings (SSSR count). The van der Waals surface area contributed by atoms with Crippen LogP contribution in [0.15, 0.2) is 0 Å². The molecule has 0 aromatic heterocycles. The predicted octanol–water partition coefficient (Wildman–Crippen LogP) is 2.46. The van der Waals surface area contributed by atoms with Crippen molar-refractivity contribution in [3.63, 3.8) is 0 Å². The third-order valence-electron chi connectivity index (χ3n) is 2.30. The molecule has 0 saturated heterocycles. The lowest BCUT2D eigenvalue weighted by Gasteiger charge is -2.20. The lowest BCUT2D eigenvalue weighted by Crippen LogP contribution is -2.42. The lowest BCUT2D eigenvalue weighted by molar-refractivity contribution is -0.123. The zero-order valence-electron chi connectivity index (χ0n) is 8.56. The second kappa shape index (κ2) is 3.99. The summed E-state index contributed by atoms with van der Waals surface area (Å²) in [5, 5.41) is 3.01. The molecule has 0 bridgehead atoms. The van der Waals surface area contributed by atoms with Crippen LogP contribution in [0.3, 0.4) is 0 Å². The summed E-state index contributed by atoms with van der Waals surface area (Å²) in [5.74, 6) is 0.953. The molecule has 0 radical (unpaired) electrons. The molecule has 0 heterocycles. The molecule has 1 amide bonds. The fraction of sp³-hybridized carbons (Fsp3) is 0.900. The van der Waals surface area contributed by atoms with Gasteiger partial charge in [0.25, 0.3) is 0 Å². The van der Waals surface area contributed by atoms with Crippen LogP contribution in [0.5, 0.6) is 0 Å². The largest absolute Gasteiger partial charge is 0.352 e. The van der Waals surface area contributed by atoms with Gasteiger partial charge in [-0.25, -0.2) is 0 Å². The molecular formula is C10H18BrNO. The Hall–Kier alpha value is -0.0500. The topological polar surface area (TPSA) is 29.1 Å². The molecular weight excluding hydrogens is 230 g/mol. The first-order valence-electron chi connectivity index (χ1n) is 4.89. The third-order valence-corrected chi connectivity index (χ3v) is 2.66. The number of hydrogen-bond acceptors (Lipinski definition) is 1. The van der Waals surface area contributed by atoms with Gasteiger partial charge in [-0.3, -0.25) is 4.79 Å². The van der Waals surface area contributed by atoms with Crippen molar-refractivity contribution in [3.8, 4) is 0 Å². The zero-order chi connectivity index (χ0) is 10.1. The van der Waals surface area contributed by atoms with E-state index in [4.69, 9.17) is 0 Å². The van der Waals surface area contributed by atoms with E-state index in [1.54, 1.807) is 0 Å². The second-order valence-corrected chi connectivity index (χ2v) is 6.51. The number of nitrogens with one attached hydrogen (secondary N) is 1. The van der Waals surface area contributed by atoms with Crippen molar-refractivity contribution in [1.82, 2.24) is 5.32 Å². The van der Waals surface area contributed by atoms with Gasteiger partial charge in [0.2, 0.25) is 5.91 Å². The molecule has 1 N–H and O–H groups in total. The van der Waals surface area contributed by atoms with Gasteiger partial charge in [-0.1, -0.05) is 28.8 Å². The maximum Gasteiger partial charge on any atom is 0.236 e. The maximum atomic E-state index is 11.5. The van der Waals surface area contributed by atoms with Crippen molar-refractivity contribution in [1.29, 1.82) is 0 Å². The van der Waals surface area contributed by atoms with E-state index >= 15 is 0 Å². The van der Waals surface area contributed by atoms with E-state index in [2.05, 4.69) is 28.2 Å². The molecule has 0 aliphatic heterocycles. The summed E-state index contributed by atoms with van der Waals surface area (Å²) in [6, 6.07) is 0.317. The van der Waals surface area contributed by atoms with Crippen molar-refractivity contribution in [3.05, 3.63) is 0 Å². The van der Waals surface area contributed by atoms with Gasteiger partial charge < -0.3 is 5.32 Å². The number of hydrogen-bond donors (Lipinski definition) is 1. The minimum Gasteiger partial charge on any atom is -0.352 e. The SMILES string of the molecule is CC(CC1CC1)NC(=O)C(C)(C)Br. The van der Waals surface area contributed by atoms with Crippen molar-refractivity contribution < 1.29 is 4.79 Å². The number of alkyl halides is 1. The summed E-state index contributed by atoms with van der Waals surface area (Å²) in [6.45, 7) is 5.81. The van der Waals surface area contributed by atoms with Gasteiger partial charge in [-0.15, -0.1) is 0 Å². The number of rotatable bonds is 4. The molecule has 1 fully saturated rings. The van der Waals surface area contributed by atoms with Gasteiger partial charge in [0.15, 0.2) is 0 Å². The van der Waals surface area contributed by atoms with E-state index in [-0.39, 0.29) is 5.91 Å². The highest BCUT2D eigenvalue weighted by Gasteiger charge is 2.28. The summed E-state index contributed by atoms with van der Waals surface area (Å²) in [5.41, 5.74) is 0. The summed E-state index contributed by atoms with van der Waals surface area (Å²) in [6.07, 6.45) is 3.82. The van der Waals surface area contributed by atoms with E-state index in [9.17, 15) is 4.79 Å². The number of amides is 1. The van der Waals surface area contributed by atoms with E-state index in [1.807, 2.05) is 13.8 Å². The maximum absolute atomic E-state index is 11.5. The number of carbonyl (C=O) groups excluding carboxylic acids is 1. The molecule has 0 spiro atoms. The van der Waals surface area contributed by atoms with Gasteiger partial charge in [0, 0.05) is 6.04 Å². The van der Waals surface area contributed by atoms with Crippen LogP contribution in [-0.2, 0) is 4.79 Å². The molecule has 1 unspecified atom stereocenters. The Morgan fingerprint density at radius 2 is 2.15 bits per heavy atom.